The van der Waals surface area contributed by atoms with Crippen molar-refractivity contribution in [3.8, 4) is 11.1 Å². The van der Waals surface area contributed by atoms with E-state index in [9.17, 15) is 0 Å². The summed E-state index contributed by atoms with van der Waals surface area (Å²) in [7, 11) is 0. The normalized spacial score (nSPS) is 10.9. The van der Waals surface area contributed by atoms with Crippen LogP contribution in [-0.4, -0.2) is 4.40 Å². The molecule has 0 saturated carbocycles. The van der Waals surface area contributed by atoms with Crippen LogP contribution in [0.5, 0.6) is 0 Å². The lowest BCUT2D eigenvalue weighted by molar-refractivity contribution is 1.21. The predicted molar refractivity (Wildman–Crippen MR) is 74.9 cm³/mol. The number of nitrogens with zero attached hydrogens (tertiary/aromatic N) is 1. The van der Waals surface area contributed by atoms with Crippen LogP contribution in [0.1, 0.15) is 0 Å². The van der Waals surface area contributed by atoms with Gasteiger partial charge in [-0.05, 0) is 35.9 Å². The molecule has 0 atom stereocenters. The van der Waals surface area contributed by atoms with Crippen LogP contribution in [0.3, 0.4) is 0 Å². The molecule has 0 saturated heterocycles. The monoisotopic (exact) mass is 286 g/mol. The smallest absolute Gasteiger partial charge is 0.115 e. The van der Waals surface area contributed by atoms with Gasteiger partial charge in [0.1, 0.15) is 5.82 Å². The number of benzene rings is 1. The van der Waals surface area contributed by atoms with Gasteiger partial charge in [-0.3, -0.25) is 0 Å². The van der Waals surface area contributed by atoms with Crippen molar-refractivity contribution in [3.63, 3.8) is 0 Å². The predicted octanol–water partition coefficient (Wildman–Crippen LogP) is 3.95. The van der Waals surface area contributed by atoms with Gasteiger partial charge in [0, 0.05) is 21.7 Å². The molecule has 2 aromatic heterocycles. The maximum atomic E-state index is 6.16. The summed E-state index contributed by atoms with van der Waals surface area (Å²) in [5.41, 5.74) is 9.48. The fraction of sp³-hybridized carbons (Fsp3) is 0. The van der Waals surface area contributed by atoms with Crippen LogP contribution < -0.4 is 5.73 Å². The Morgan fingerprint density at radius 3 is 2.47 bits per heavy atom. The highest BCUT2D eigenvalue weighted by Gasteiger charge is 2.08. The molecule has 0 fully saturated rings. The van der Waals surface area contributed by atoms with Gasteiger partial charge in [-0.15, -0.1) is 0 Å². The van der Waals surface area contributed by atoms with Crippen LogP contribution in [-0.2, 0) is 0 Å². The van der Waals surface area contributed by atoms with E-state index in [4.69, 9.17) is 5.73 Å². The fourth-order valence-electron chi connectivity index (χ4n) is 2.01. The molecule has 0 bridgehead atoms. The number of halogens is 1. The number of anilines is 1. The summed E-state index contributed by atoms with van der Waals surface area (Å²) in [6.45, 7) is 0. The molecule has 1 aromatic carbocycles. The molecule has 84 valence electrons. The molecule has 2 N–H and O–H groups in total. The van der Waals surface area contributed by atoms with Gasteiger partial charge in [0.05, 0.1) is 0 Å². The minimum atomic E-state index is 0.780. The standard InChI is InChI=1S/C14H11BrN2/c15-11-6-4-10(5-7-11)13-9-12-3-1-2-8-17(12)14(13)16/h1-9H,16H2. The molecule has 0 aliphatic carbocycles. The van der Waals surface area contributed by atoms with E-state index in [1.54, 1.807) is 0 Å². The van der Waals surface area contributed by atoms with Gasteiger partial charge in [-0.2, -0.15) is 0 Å². The zero-order valence-electron chi connectivity index (χ0n) is 9.10. The van der Waals surface area contributed by atoms with Gasteiger partial charge in [0.25, 0.3) is 0 Å². The third kappa shape index (κ3) is 1.72. The van der Waals surface area contributed by atoms with E-state index in [0.29, 0.717) is 0 Å². The van der Waals surface area contributed by atoms with Crippen molar-refractivity contribution in [2.24, 2.45) is 0 Å². The summed E-state index contributed by atoms with van der Waals surface area (Å²) < 4.78 is 3.07. The zero-order chi connectivity index (χ0) is 11.8. The number of nitrogen functional groups attached to an aromatic ring is 1. The van der Waals surface area contributed by atoms with Crippen molar-refractivity contribution in [2.45, 2.75) is 0 Å². The highest BCUT2D eigenvalue weighted by atomic mass is 79.9. The molecular formula is C14H11BrN2. The lowest BCUT2D eigenvalue weighted by Gasteiger charge is -2.01. The van der Waals surface area contributed by atoms with E-state index >= 15 is 0 Å². The molecule has 0 radical (unpaired) electrons. The fourth-order valence-corrected chi connectivity index (χ4v) is 2.27. The maximum absolute atomic E-state index is 6.16. The number of hydrogen-bond donors (Lipinski definition) is 1. The molecule has 0 aliphatic rings. The Morgan fingerprint density at radius 2 is 1.76 bits per heavy atom. The Kier molecular flexibility index (Phi) is 2.41. The number of rotatable bonds is 1. The third-order valence-corrected chi connectivity index (χ3v) is 3.40. The highest BCUT2D eigenvalue weighted by Crippen LogP contribution is 2.30. The molecule has 0 aliphatic heterocycles. The maximum Gasteiger partial charge on any atom is 0.115 e. The number of fused-ring (bicyclic) bond motifs is 1. The van der Waals surface area contributed by atoms with E-state index in [1.807, 2.05) is 34.9 Å². The van der Waals surface area contributed by atoms with Crippen molar-refractivity contribution in [3.05, 3.63) is 59.2 Å². The summed E-state index contributed by atoms with van der Waals surface area (Å²) >= 11 is 3.43. The summed E-state index contributed by atoms with van der Waals surface area (Å²) in [4.78, 5) is 0. The number of hydrogen-bond acceptors (Lipinski definition) is 1. The molecule has 17 heavy (non-hydrogen) atoms. The Morgan fingerprint density at radius 1 is 1.00 bits per heavy atom. The van der Waals surface area contributed by atoms with Crippen molar-refractivity contribution >= 4 is 27.3 Å². The largest absolute Gasteiger partial charge is 0.384 e. The van der Waals surface area contributed by atoms with Crippen LogP contribution in [0.15, 0.2) is 59.2 Å². The van der Waals surface area contributed by atoms with Gasteiger partial charge in [-0.1, -0.05) is 34.1 Å². The minimum absolute atomic E-state index is 0.780. The summed E-state index contributed by atoms with van der Waals surface area (Å²) in [5, 5.41) is 0. The topological polar surface area (TPSA) is 30.4 Å². The molecular weight excluding hydrogens is 276 g/mol. The van der Waals surface area contributed by atoms with Crippen LogP contribution in [0.4, 0.5) is 5.82 Å². The van der Waals surface area contributed by atoms with Gasteiger partial charge >= 0.3 is 0 Å². The van der Waals surface area contributed by atoms with Gasteiger partial charge < -0.3 is 10.1 Å². The van der Waals surface area contributed by atoms with Crippen molar-refractivity contribution in [1.82, 2.24) is 4.40 Å². The second-order valence-corrected chi connectivity index (χ2v) is 4.86. The first-order valence-corrected chi connectivity index (χ1v) is 6.16. The quantitative estimate of drug-likeness (QED) is 0.721. The van der Waals surface area contributed by atoms with Gasteiger partial charge in [0.2, 0.25) is 0 Å². The number of pyridine rings is 1. The van der Waals surface area contributed by atoms with Crippen LogP contribution in [0, 0.1) is 0 Å². The average Bonchev–Trinajstić information content (AvgIpc) is 2.69. The Hall–Kier alpha value is -1.74. The van der Waals surface area contributed by atoms with Crippen molar-refractivity contribution in [2.75, 3.05) is 5.73 Å². The summed E-state index contributed by atoms with van der Waals surface area (Å²) in [6.07, 6.45) is 1.98. The van der Waals surface area contributed by atoms with Crippen molar-refractivity contribution < 1.29 is 0 Å². The summed E-state index contributed by atoms with van der Waals surface area (Å²) in [5.74, 6) is 0.780. The zero-order valence-corrected chi connectivity index (χ0v) is 10.7. The first-order valence-electron chi connectivity index (χ1n) is 5.37. The average molecular weight is 287 g/mol. The molecule has 0 unspecified atom stereocenters. The summed E-state index contributed by atoms with van der Waals surface area (Å²) in [6, 6.07) is 16.3. The van der Waals surface area contributed by atoms with E-state index in [2.05, 4.69) is 40.2 Å². The Labute approximate surface area is 108 Å². The minimum Gasteiger partial charge on any atom is -0.384 e. The number of aromatic nitrogens is 1. The first kappa shape index (κ1) is 10.4. The highest BCUT2D eigenvalue weighted by molar-refractivity contribution is 9.10. The molecule has 0 spiro atoms. The van der Waals surface area contributed by atoms with E-state index in [1.165, 1.54) is 0 Å². The second-order valence-electron chi connectivity index (χ2n) is 3.95. The van der Waals surface area contributed by atoms with Crippen LogP contribution in [0.25, 0.3) is 16.6 Å². The van der Waals surface area contributed by atoms with E-state index < -0.39 is 0 Å². The number of nitrogens with two attached hydrogens (primary N) is 1. The van der Waals surface area contributed by atoms with Crippen molar-refractivity contribution in [1.29, 1.82) is 0 Å². The van der Waals surface area contributed by atoms with Gasteiger partial charge in [-0.25, -0.2) is 0 Å². The Bertz CT molecular complexity index is 668. The van der Waals surface area contributed by atoms with E-state index in [0.717, 1.165) is 26.9 Å². The molecule has 3 aromatic rings. The van der Waals surface area contributed by atoms with Crippen LogP contribution >= 0.6 is 15.9 Å². The molecule has 0 amide bonds. The van der Waals surface area contributed by atoms with Gasteiger partial charge in [0.15, 0.2) is 0 Å². The Balaban J connectivity index is 2.24. The van der Waals surface area contributed by atoms with E-state index in [-0.39, 0.29) is 0 Å². The second kappa shape index (κ2) is 3.93. The molecule has 2 heterocycles. The molecule has 2 nitrogen and oxygen atoms in total. The molecule has 3 heteroatoms. The lowest BCUT2D eigenvalue weighted by atomic mass is 10.1. The lowest BCUT2D eigenvalue weighted by Crippen LogP contribution is -1.93. The third-order valence-electron chi connectivity index (χ3n) is 2.87. The first-order chi connectivity index (χ1) is 8.25. The molecule has 3 rings (SSSR count). The van der Waals surface area contributed by atoms with Crippen LogP contribution in [0.2, 0.25) is 0 Å². The SMILES string of the molecule is Nc1c(-c2ccc(Br)cc2)cc2ccccn12.